The topological polar surface area (TPSA) is 300 Å². The van der Waals surface area contributed by atoms with Crippen LogP contribution in [0.1, 0.15) is 107 Å². The molecule has 0 unspecified atom stereocenters. The Bertz CT molecular complexity index is 2870. The van der Waals surface area contributed by atoms with Gasteiger partial charge in [0.15, 0.2) is 0 Å². The largest absolute Gasteiger partial charge is 0.487 e. The first-order chi connectivity index (χ1) is 35.9. The Labute approximate surface area is 458 Å². The van der Waals surface area contributed by atoms with Gasteiger partial charge in [0, 0.05) is 31.3 Å². The first kappa shape index (κ1) is 60.9. The van der Waals surface area contributed by atoms with E-state index < -0.39 is 98.1 Å². The highest BCUT2D eigenvalue weighted by atomic mass is 32.2. The molecule has 0 bridgehead atoms. The molecule has 1 aliphatic heterocycles. The van der Waals surface area contributed by atoms with Gasteiger partial charge in [0.2, 0.25) is 41.4 Å². The lowest BCUT2D eigenvalue weighted by atomic mass is 9.77. The number of carbonyl (C=O) groups excluding carboxylic acids is 6. The minimum atomic E-state index is -4.15. The van der Waals surface area contributed by atoms with E-state index >= 15 is 0 Å². The first-order valence-corrected chi connectivity index (χ1v) is 27.4. The number of nitrogens with one attached hydrogen (secondary N) is 5. The molecule has 21 heteroatoms. The third kappa shape index (κ3) is 14.2. The Kier molecular flexibility index (Phi) is 19.4. The maximum Gasteiger partial charge on any atom is 0.266 e. The van der Waals surface area contributed by atoms with Gasteiger partial charge in [0.05, 0.1) is 17.4 Å². The van der Waals surface area contributed by atoms with E-state index in [1.54, 1.807) is 34.6 Å². The summed E-state index contributed by atoms with van der Waals surface area (Å²) in [6.07, 6.45) is 0.117. The van der Waals surface area contributed by atoms with Gasteiger partial charge in [-0.15, -0.1) is 0 Å². The number of nitrogens with two attached hydrogens (primary N) is 3. The van der Waals surface area contributed by atoms with Gasteiger partial charge in [0.25, 0.3) is 10.0 Å². The van der Waals surface area contributed by atoms with Gasteiger partial charge in [0.1, 0.15) is 40.6 Å². The summed E-state index contributed by atoms with van der Waals surface area (Å²) in [4.78, 5) is 87.5. The van der Waals surface area contributed by atoms with Crippen LogP contribution in [0.5, 0.6) is 5.75 Å². The van der Waals surface area contributed by atoms with Crippen LogP contribution in [0.15, 0.2) is 101 Å². The van der Waals surface area contributed by atoms with Gasteiger partial charge in [-0.05, 0) is 100 Å². The first-order valence-electron chi connectivity index (χ1n) is 25.4. The molecular weight excluding hydrogens is 1020 g/mol. The second kappa shape index (κ2) is 24.6. The SMILES string of the molecule is Cc1c(C)c(S(=O)(=O)N(C)C(N)=NCCC[C@H](N)C(=O)NC(C)(C)C(=O)N[C@@H](CC(=O)NC(c2ccccc2)(c2ccccc2)c2ccccc2)C(=O)N[C@@H](CS)C(=O)N[C@H](C(N)=O)C(C)(C)C)c(C)c2c1OC(C)(C)C2. The molecular formula is C56H76N10O9S2. The number of hydrogen-bond acceptors (Lipinski definition) is 12. The summed E-state index contributed by atoms with van der Waals surface area (Å²) in [5, 5.41) is 13.6. The minimum absolute atomic E-state index is 0.00339. The Morgan fingerprint density at radius 1 is 0.740 bits per heavy atom. The number of carbonyl (C=O) groups is 6. The molecule has 1 heterocycles. The van der Waals surface area contributed by atoms with Crippen LogP contribution in [0.25, 0.3) is 0 Å². The number of fused-ring (bicyclic) bond motifs is 1. The number of hydrogen-bond donors (Lipinski definition) is 9. The number of aliphatic imine (C=N–C) groups is 1. The predicted octanol–water partition coefficient (Wildman–Crippen LogP) is 3.68. The third-order valence-electron chi connectivity index (χ3n) is 13.7. The number of nitrogens with zero attached hydrogens (tertiary/aromatic N) is 2. The van der Waals surface area contributed by atoms with E-state index in [1.165, 1.54) is 20.9 Å². The third-order valence-corrected chi connectivity index (χ3v) is 16.1. The van der Waals surface area contributed by atoms with Crippen molar-refractivity contribution in [3.05, 3.63) is 130 Å². The fourth-order valence-corrected chi connectivity index (χ4v) is 11.2. The number of amides is 6. The summed E-state index contributed by atoms with van der Waals surface area (Å²) in [6.45, 7) is 17.1. The molecule has 0 saturated heterocycles. The zero-order valence-corrected chi connectivity index (χ0v) is 47.6. The highest BCUT2D eigenvalue weighted by molar-refractivity contribution is 7.89. The molecule has 0 spiro atoms. The highest BCUT2D eigenvalue weighted by Crippen LogP contribution is 2.44. The van der Waals surface area contributed by atoms with Crippen LogP contribution in [0, 0.1) is 26.2 Å². The van der Waals surface area contributed by atoms with E-state index in [0.29, 0.717) is 40.0 Å². The minimum Gasteiger partial charge on any atom is -0.487 e. The Morgan fingerprint density at radius 2 is 1.25 bits per heavy atom. The van der Waals surface area contributed by atoms with E-state index in [2.05, 4.69) is 44.2 Å². The van der Waals surface area contributed by atoms with Crippen molar-refractivity contribution in [3.63, 3.8) is 0 Å². The number of thiol groups is 1. The Hall–Kier alpha value is -6.97. The van der Waals surface area contributed by atoms with Gasteiger partial charge >= 0.3 is 0 Å². The fourth-order valence-electron chi connectivity index (χ4n) is 9.28. The number of primary amides is 1. The monoisotopic (exact) mass is 1100 g/mol. The van der Waals surface area contributed by atoms with Crippen LogP contribution in [-0.2, 0) is 50.8 Å². The van der Waals surface area contributed by atoms with Crippen molar-refractivity contribution < 1.29 is 41.9 Å². The van der Waals surface area contributed by atoms with Crippen molar-refractivity contribution in [2.24, 2.45) is 27.6 Å². The molecule has 416 valence electrons. The zero-order valence-electron chi connectivity index (χ0n) is 45.9. The van der Waals surface area contributed by atoms with Crippen LogP contribution < -0.4 is 48.5 Å². The van der Waals surface area contributed by atoms with Crippen LogP contribution in [-0.4, -0.2) is 109 Å². The van der Waals surface area contributed by atoms with Gasteiger partial charge in [-0.1, -0.05) is 112 Å². The smallest absolute Gasteiger partial charge is 0.266 e. The maximum atomic E-state index is 14.7. The number of benzene rings is 4. The Balaban J connectivity index is 1.34. The summed E-state index contributed by atoms with van der Waals surface area (Å²) < 4.78 is 35.2. The molecule has 4 aromatic rings. The second-order valence-corrected chi connectivity index (χ2v) is 24.0. The van der Waals surface area contributed by atoms with Crippen molar-refractivity contribution >= 4 is 64.1 Å². The number of rotatable bonds is 22. The molecule has 0 fully saturated rings. The molecule has 77 heavy (non-hydrogen) atoms. The van der Waals surface area contributed by atoms with Gasteiger partial charge in [-0.2, -0.15) is 12.6 Å². The number of guanidine groups is 1. The number of ether oxygens (including phenoxy) is 1. The van der Waals surface area contributed by atoms with Crippen LogP contribution in [0.3, 0.4) is 0 Å². The lowest BCUT2D eigenvalue weighted by molar-refractivity contribution is -0.137. The average molecular weight is 1100 g/mol. The maximum absolute atomic E-state index is 14.7. The summed E-state index contributed by atoms with van der Waals surface area (Å²) in [6, 6.07) is 22.3. The molecule has 5 rings (SSSR count). The van der Waals surface area contributed by atoms with Gasteiger partial charge in [-0.3, -0.25) is 33.8 Å². The molecule has 0 saturated carbocycles. The fraction of sp³-hybridized carbons (Fsp3) is 0.446. The van der Waals surface area contributed by atoms with E-state index in [1.807, 2.05) is 112 Å². The van der Waals surface area contributed by atoms with Gasteiger partial charge in [-0.25, -0.2) is 12.7 Å². The van der Waals surface area contributed by atoms with E-state index in [0.717, 1.165) is 15.4 Å². The van der Waals surface area contributed by atoms with Gasteiger partial charge < -0.3 is 48.5 Å². The molecule has 0 aromatic heterocycles. The molecule has 6 amide bonds. The van der Waals surface area contributed by atoms with Crippen molar-refractivity contribution in [1.29, 1.82) is 0 Å². The zero-order chi connectivity index (χ0) is 57.4. The van der Waals surface area contributed by atoms with E-state index in [4.69, 9.17) is 21.9 Å². The van der Waals surface area contributed by atoms with E-state index in [9.17, 15) is 37.2 Å². The molecule has 0 aliphatic carbocycles. The molecule has 0 radical (unpaired) electrons. The van der Waals surface area contributed by atoms with Crippen LogP contribution in [0.2, 0.25) is 0 Å². The predicted molar refractivity (Wildman–Crippen MR) is 300 cm³/mol. The normalized spacial score (nSPS) is 15.1. The molecule has 4 atom stereocenters. The van der Waals surface area contributed by atoms with Crippen molar-refractivity contribution in [2.45, 2.75) is 141 Å². The van der Waals surface area contributed by atoms with Crippen LogP contribution >= 0.6 is 12.6 Å². The summed E-state index contributed by atoms with van der Waals surface area (Å²) in [5.74, 6) is -4.69. The lowest BCUT2D eigenvalue weighted by Crippen LogP contribution is -2.63. The van der Waals surface area contributed by atoms with E-state index in [-0.39, 0.29) is 36.0 Å². The van der Waals surface area contributed by atoms with Crippen LogP contribution in [0.4, 0.5) is 0 Å². The summed E-state index contributed by atoms with van der Waals surface area (Å²) in [7, 11) is -2.83. The summed E-state index contributed by atoms with van der Waals surface area (Å²) >= 11 is 4.30. The highest BCUT2D eigenvalue weighted by Gasteiger charge is 2.42. The molecule has 4 aromatic carbocycles. The lowest BCUT2D eigenvalue weighted by Gasteiger charge is -2.37. The second-order valence-electron chi connectivity index (χ2n) is 21.7. The van der Waals surface area contributed by atoms with Crippen molar-refractivity contribution in [1.82, 2.24) is 30.9 Å². The molecule has 19 nitrogen and oxygen atoms in total. The quantitative estimate of drug-likeness (QED) is 0.0180. The standard InChI is InChI=1S/C56H76N10O9S2/c1-33-34(2)45(35(3)39-31-54(7,8)75-44(33)39)77(73,74)66(11)52(59)60-29-21-28-40(57)48(69)65-55(9,10)51(72)62-41(49(70)61-42(32-76)50(71)63-46(47(58)68)53(4,5)6)30-43(67)64-56(36-22-15-12-16-23-36,37-24-17-13-18-25-37)38-26-19-14-20-27-38/h12-20,22-27,40-42,46,76H,21,28-32,57H2,1-11H3,(H2,58,68)(H2,59,60)(H,61,70)(H,62,72)(H,63,71)(H,64,67)(H,65,69)/t40-,41-,42-,46+/m0/s1. The number of sulfonamides is 1. The van der Waals surface area contributed by atoms with Crippen molar-refractivity contribution in [2.75, 3.05) is 19.3 Å². The Morgan fingerprint density at radius 3 is 1.73 bits per heavy atom. The van der Waals surface area contributed by atoms with Crippen molar-refractivity contribution in [3.8, 4) is 5.75 Å². The summed E-state index contributed by atoms with van der Waals surface area (Å²) in [5.41, 5.74) is 18.6. The molecule has 1 aliphatic rings. The molecule has 11 N–H and O–H groups in total. The average Bonchev–Trinajstić information content (AvgIpc) is 3.71.